The third-order valence-electron chi connectivity index (χ3n) is 2.22. The highest BCUT2D eigenvalue weighted by Gasteiger charge is 2.28. The summed E-state index contributed by atoms with van der Waals surface area (Å²) in [5, 5.41) is 8.70. The zero-order chi connectivity index (χ0) is 10.6. The summed E-state index contributed by atoms with van der Waals surface area (Å²) in [6, 6.07) is 0. The van der Waals surface area contributed by atoms with Gasteiger partial charge >= 0.3 is 5.97 Å². The average molecular weight is 203 g/mol. The Balaban J connectivity index is 2.16. The van der Waals surface area contributed by atoms with Gasteiger partial charge in [0.2, 0.25) is 0 Å². The van der Waals surface area contributed by atoms with Crippen LogP contribution in [0, 0.1) is 0 Å². The molecule has 0 aromatic heterocycles. The lowest BCUT2D eigenvalue weighted by molar-refractivity contribution is -0.145. The van der Waals surface area contributed by atoms with Crippen LogP contribution in [-0.2, 0) is 14.3 Å². The van der Waals surface area contributed by atoms with Crippen molar-refractivity contribution in [3.8, 4) is 0 Å². The van der Waals surface area contributed by atoms with Crippen LogP contribution in [-0.4, -0.2) is 42.5 Å². The molecule has 0 amide bonds. The monoisotopic (exact) mass is 203 g/mol. The summed E-state index contributed by atoms with van der Waals surface area (Å²) in [6.07, 6.45) is 2.14. The lowest BCUT2D eigenvalue weighted by Gasteiger charge is -2.20. The Hall–Kier alpha value is -0.650. The van der Waals surface area contributed by atoms with Gasteiger partial charge in [0, 0.05) is 6.61 Å². The highest BCUT2D eigenvalue weighted by Crippen LogP contribution is 2.12. The van der Waals surface area contributed by atoms with Crippen molar-refractivity contribution in [1.29, 1.82) is 0 Å². The first-order valence-corrected chi connectivity index (χ1v) is 4.74. The van der Waals surface area contributed by atoms with E-state index in [4.69, 9.17) is 20.3 Å². The summed E-state index contributed by atoms with van der Waals surface area (Å²) in [6.45, 7) is 2.65. The fourth-order valence-corrected chi connectivity index (χ4v) is 1.24. The second-order valence-electron chi connectivity index (χ2n) is 3.87. The predicted octanol–water partition coefficient (Wildman–Crippen LogP) is -0.0160. The van der Waals surface area contributed by atoms with E-state index in [1.54, 1.807) is 0 Å². The van der Waals surface area contributed by atoms with E-state index >= 15 is 0 Å². The summed E-state index contributed by atoms with van der Waals surface area (Å²) >= 11 is 0. The Kier molecular flexibility index (Phi) is 3.86. The number of hydrogen-bond acceptors (Lipinski definition) is 4. The number of carboxylic acids is 1. The number of hydrogen-bond donors (Lipinski definition) is 2. The molecule has 2 atom stereocenters. The van der Waals surface area contributed by atoms with Crippen molar-refractivity contribution < 1.29 is 19.4 Å². The lowest BCUT2D eigenvalue weighted by Crippen LogP contribution is -2.49. The molecule has 1 aliphatic rings. The van der Waals surface area contributed by atoms with Crippen molar-refractivity contribution in [2.75, 3.05) is 19.8 Å². The highest BCUT2D eigenvalue weighted by atomic mass is 16.5. The van der Waals surface area contributed by atoms with Crippen LogP contribution in [0.2, 0.25) is 0 Å². The summed E-state index contributed by atoms with van der Waals surface area (Å²) in [5.41, 5.74) is 4.17. The van der Waals surface area contributed by atoms with E-state index in [9.17, 15) is 4.79 Å². The van der Waals surface area contributed by atoms with Gasteiger partial charge in [-0.2, -0.15) is 0 Å². The molecule has 1 aliphatic heterocycles. The fraction of sp³-hybridized carbons (Fsp3) is 0.889. The number of ether oxygens (including phenoxy) is 2. The molecule has 0 aromatic carbocycles. The Morgan fingerprint density at radius 3 is 3.00 bits per heavy atom. The molecule has 0 spiro atoms. The van der Waals surface area contributed by atoms with E-state index in [1.165, 1.54) is 6.92 Å². The molecule has 1 heterocycles. The molecule has 0 saturated carbocycles. The Labute approximate surface area is 83.2 Å². The molecule has 0 aromatic rings. The molecule has 1 fully saturated rings. The Morgan fingerprint density at radius 2 is 2.50 bits per heavy atom. The largest absolute Gasteiger partial charge is 0.480 e. The highest BCUT2D eigenvalue weighted by molar-refractivity contribution is 5.77. The van der Waals surface area contributed by atoms with Crippen LogP contribution in [0.25, 0.3) is 0 Å². The van der Waals surface area contributed by atoms with Gasteiger partial charge in [0.25, 0.3) is 0 Å². The van der Waals surface area contributed by atoms with Crippen molar-refractivity contribution in [2.24, 2.45) is 5.73 Å². The number of rotatable bonds is 5. The third kappa shape index (κ3) is 3.25. The number of aliphatic carboxylic acids is 1. The van der Waals surface area contributed by atoms with Gasteiger partial charge in [-0.15, -0.1) is 0 Å². The zero-order valence-electron chi connectivity index (χ0n) is 8.36. The van der Waals surface area contributed by atoms with E-state index in [1.807, 2.05) is 0 Å². The van der Waals surface area contributed by atoms with Gasteiger partial charge in [0.05, 0.1) is 19.3 Å². The van der Waals surface area contributed by atoms with E-state index in [-0.39, 0.29) is 12.7 Å². The first kappa shape index (κ1) is 11.4. The van der Waals surface area contributed by atoms with E-state index < -0.39 is 11.5 Å². The molecule has 1 saturated heterocycles. The van der Waals surface area contributed by atoms with Crippen molar-refractivity contribution in [1.82, 2.24) is 0 Å². The molecular formula is C9H17NO4. The average Bonchev–Trinajstić information content (AvgIpc) is 2.56. The maximum Gasteiger partial charge on any atom is 0.325 e. The molecule has 5 heteroatoms. The van der Waals surface area contributed by atoms with Gasteiger partial charge in [0.15, 0.2) is 0 Å². The van der Waals surface area contributed by atoms with E-state index in [0.29, 0.717) is 6.61 Å². The van der Waals surface area contributed by atoms with Crippen molar-refractivity contribution in [3.05, 3.63) is 0 Å². The number of carboxylic acid groups (broad SMARTS) is 1. The summed E-state index contributed by atoms with van der Waals surface area (Å²) in [4.78, 5) is 10.6. The van der Waals surface area contributed by atoms with Crippen molar-refractivity contribution >= 4 is 5.97 Å². The second kappa shape index (κ2) is 4.72. The molecule has 3 N–H and O–H groups in total. The molecule has 82 valence electrons. The fourth-order valence-electron chi connectivity index (χ4n) is 1.24. The standard InChI is InChI=1S/C9H17NO4/c1-9(10,8(11)12)6-13-5-7-3-2-4-14-7/h7H,2-6,10H2,1H3,(H,11,12). The van der Waals surface area contributed by atoms with Crippen LogP contribution in [0.5, 0.6) is 0 Å². The topological polar surface area (TPSA) is 81.8 Å². The Bertz CT molecular complexity index is 199. The van der Waals surface area contributed by atoms with Gasteiger partial charge in [-0.1, -0.05) is 0 Å². The quantitative estimate of drug-likeness (QED) is 0.656. The summed E-state index contributed by atoms with van der Waals surface area (Å²) in [7, 11) is 0. The van der Waals surface area contributed by atoms with Gasteiger partial charge in [-0.25, -0.2) is 0 Å². The lowest BCUT2D eigenvalue weighted by atomic mass is 10.1. The minimum absolute atomic E-state index is 0.0161. The van der Waals surface area contributed by atoms with Crippen LogP contribution in [0.15, 0.2) is 0 Å². The summed E-state index contributed by atoms with van der Waals surface area (Å²) in [5.74, 6) is -1.05. The molecule has 2 unspecified atom stereocenters. The Morgan fingerprint density at radius 1 is 1.79 bits per heavy atom. The SMILES string of the molecule is CC(N)(COCC1CCCO1)C(=O)O. The second-order valence-corrected chi connectivity index (χ2v) is 3.87. The molecule has 1 rings (SSSR count). The minimum Gasteiger partial charge on any atom is -0.480 e. The zero-order valence-corrected chi connectivity index (χ0v) is 8.36. The van der Waals surface area contributed by atoms with Gasteiger partial charge in [0.1, 0.15) is 5.54 Å². The molecule has 14 heavy (non-hydrogen) atoms. The first-order valence-electron chi connectivity index (χ1n) is 4.74. The van der Waals surface area contributed by atoms with Crippen LogP contribution in [0.1, 0.15) is 19.8 Å². The number of carbonyl (C=O) groups is 1. The predicted molar refractivity (Wildman–Crippen MR) is 50.0 cm³/mol. The maximum atomic E-state index is 10.6. The molecule has 5 nitrogen and oxygen atoms in total. The normalized spacial score (nSPS) is 26.0. The maximum absolute atomic E-state index is 10.6. The van der Waals surface area contributed by atoms with Crippen LogP contribution in [0.4, 0.5) is 0 Å². The molecular weight excluding hydrogens is 186 g/mol. The van der Waals surface area contributed by atoms with Gasteiger partial charge < -0.3 is 20.3 Å². The van der Waals surface area contributed by atoms with Crippen LogP contribution < -0.4 is 5.73 Å². The van der Waals surface area contributed by atoms with Gasteiger partial charge in [-0.3, -0.25) is 4.79 Å². The summed E-state index contributed by atoms with van der Waals surface area (Å²) < 4.78 is 10.5. The third-order valence-corrected chi connectivity index (χ3v) is 2.22. The molecule has 0 radical (unpaired) electrons. The first-order chi connectivity index (χ1) is 6.52. The van der Waals surface area contributed by atoms with Crippen molar-refractivity contribution in [3.63, 3.8) is 0 Å². The van der Waals surface area contributed by atoms with Gasteiger partial charge in [-0.05, 0) is 19.8 Å². The molecule has 0 aliphatic carbocycles. The van der Waals surface area contributed by atoms with Crippen LogP contribution >= 0.6 is 0 Å². The molecule has 0 bridgehead atoms. The number of nitrogens with two attached hydrogens (primary N) is 1. The minimum atomic E-state index is -1.31. The van der Waals surface area contributed by atoms with Crippen LogP contribution in [0.3, 0.4) is 0 Å². The van der Waals surface area contributed by atoms with E-state index in [2.05, 4.69) is 0 Å². The van der Waals surface area contributed by atoms with Crippen molar-refractivity contribution in [2.45, 2.75) is 31.4 Å². The smallest absolute Gasteiger partial charge is 0.325 e. The van der Waals surface area contributed by atoms with E-state index in [0.717, 1.165) is 19.4 Å².